The van der Waals surface area contributed by atoms with Crippen LogP contribution in [-0.4, -0.2) is 5.97 Å². The molecule has 1 aliphatic rings. The molecule has 0 aromatic heterocycles. The number of ether oxygens (including phenoxy) is 1. The summed E-state index contributed by atoms with van der Waals surface area (Å²) < 4.78 is 5.12. The Kier molecular flexibility index (Phi) is 3.27. The summed E-state index contributed by atoms with van der Waals surface area (Å²) in [6.45, 7) is 10.6. The van der Waals surface area contributed by atoms with Crippen LogP contribution in [-0.2, 0) is 9.53 Å². The van der Waals surface area contributed by atoms with Gasteiger partial charge in [-0.1, -0.05) is 41.0 Å². The number of rotatable bonds is 4. The fourth-order valence-corrected chi connectivity index (χ4v) is 2.20. The highest BCUT2D eigenvalue weighted by atomic mass is 16.5. The van der Waals surface area contributed by atoms with Crippen LogP contribution in [0.2, 0.25) is 0 Å². The third-order valence-corrected chi connectivity index (χ3v) is 3.99. The largest absolute Gasteiger partial charge is 0.435 e. The molecule has 0 radical (unpaired) electrons. The van der Waals surface area contributed by atoms with E-state index in [2.05, 4.69) is 34.6 Å². The molecule has 0 spiro atoms. The molecule has 0 atom stereocenters. The van der Waals surface area contributed by atoms with Crippen molar-refractivity contribution >= 4 is 5.97 Å². The Balaban J connectivity index is 2.44. The van der Waals surface area contributed by atoms with Crippen molar-refractivity contribution in [3.63, 3.8) is 0 Å². The van der Waals surface area contributed by atoms with Crippen LogP contribution in [0.25, 0.3) is 0 Å². The van der Waals surface area contributed by atoms with Crippen molar-refractivity contribution in [3.8, 4) is 0 Å². The van der Waals surface area contributed by atoms with Crippen molar-refractivity contribution in [2.75, 3.05) is 0 Å². The summed E-state index contributed by atoms with van der Waals surface area (Å²) in [5.41, 5.74) is 0.144. The third-order valence-electron chi connectivity index (χ3n) is 3.99. The van der Waals surface area contributed by atoms with Crippen LogP contribution in [0.4, 0.5) is 0 Å². The first-order chi connectivity index (χ1) is 6.85. The fraction of sp³-hybridized carbons (Fsp3) is 0.769. The smallest absolute Gasteiger partial charge is 0.314 e. The number of carbonyl (C=O) groups excluding carboxylic acids is 1. The summed E-state index contributed by atoms with van der Waals surface area (Å²) in [7, 11) is 0. The van der Waals surface area contributed by atoms with E-state index in [4.69, 9.17) is 4.74 Å². The highest BCUT2D eigenvalue weighted by Gasteiger charge is 2.69. The zero-order chi connectivity index (χ0) is 11.7. The molecule has 0 bridgehead atoms. The van der Waals surface area contributed by atoms with E-state index in [0.717, 1.165) is 12.8 Å². The summed E-state index contributed by atoms with van der Waals surface area (Å²) in [6, 6.07) is 0. The van der Waals surface area contributed by atoms with Gasteiger partial charge in [0.1, 0.15) is 0 Å². The Bertz CT molecular complexity index is 260. The lowest BCUT2D eigenvalue weighted by Gasteiger charge is -2.03. The molecule has 0 aromatic carbocycles. The monoisotopic (exact) mass is 210 g/mol. The topological polar surface area (TPSA) is 26.3 Å². The summed E-state index contributed by atoms with van der Waals surface area (Å²) >= 11 is 0. The van der Waals surface area contributed by atoms with Crippen LogP contribution >= 0.6 is 0 Å². The molecular weight excluding hydrogens is 188 g/mol. The van der Waals surface area contributed by atoms with E-state index >= 15 is 0 Å². The first-order valence-corrected chi connectivity index (χ1v) is 5.71. The third kappa shape index (κ3) is 2.09. The average Bonchev–Trinajstić information content (AvgIpc) is 2.51. The Labute approximate surface area is 92.7 Å². The van der Waals surface area contributed by atoms with E-state index in [1.807, 2.05) is 6.08 Å². The molecule has 2 nitrogen and oxygen atoms in total. The SMILES string of the molecule is CCCC=COC(=O)C1C(C)(C)C1(C)C. The van der Waals surface area contributed by atoms with Crippen LogP contribution in [0, 0.1) is 16.7 Å². The maximum absolute atomic E-state index is 11.7. The number of hydrogen-bond acceptors (Lipinski definition) is 2. The van der Waals surface area contributed by atoms with Gasteiger partial charge in [-0.2, -0.15) is 0 Å². The molecule has 86 valence electrons. The highest BCUT2D eigenvalue weighted by Crippen LogP contribution is 2.68. The molecule has 1 aliphatic carbocycles. The molecule has 1 fully saturated rings. The summed E-state index contributed by atoms with van der Waals surface area (Å²) in [6.07, 6.45) is 5.48. The number of carbonyl (C=O) groups is 1. The van der Waals surface area contributed by atoms with Gasteiger partial charge in [-0.15, -0.1) is 0 Å². The second-order valence-electron chi connectivity index (χ2n) is 5.47. The van der Waals surface area contributed by atoms with E-state index in [1.165, 1.54) is 6.26 Å². The molecule has 0 unspecified atom stereocenters. The standard InChI is InChI=1S/C13H22O2/c1-6-7-8-9-15-11(14)10-12(2,3)13(10,4)5/h8-10H,6-7H2,1-5H3. The van der Waals surface area contributed by atoms with Crippen LogP contribution in [0.3, 0.4) is 0 Å². The molecule has 0 aromatic rings. The minimum absolute atomic E-state index is 0.0382. The van der Waals surface area contributed by atoms with Gasteiger partial charge in [0.2, 0.25) is 0 Å². The molecule has 0 N–H and O–H groups in total. The van der Waals surface area contributed by atoms with Gasteiger partial charge in [0.25, 0.3) is 0 Å². The van der Waals surface area contributed by atoms with Gasteiger partial charge >= 0.3 is 5.97 Å². The molecule has 1 saturated carbocycles. The van der Waals surface area contributed by atoms with Crippen LogP contribution in [0.1, 0.15) is 47.5 Å². The number of unbranched alkanes of at least 4 members (excludes halogenated alkanes) is 1. The van der Waals surface area contributed by atoms with Crippen molar-refractivity contribution in [2.45, 2.75) is 47.5 Å². The van der Waals surface area contributed by atoms with E-state index in [0.29, 0.717) is 0 Å². The Morgan fingerprint density at radius 1 is 1.27 bits per heavy atom. The van der Waals surface area contributed by atoms with Gasteiger partial charge in [-0.3, -0.25) is 4.79 Å². The van der Waals surface area contributed by atoms with Gasteiger partial charge < -0.3 is 4.74 Å². The van der Waals surface area contributed by atoms with Crippen molar-refractivity contribution in [1.29, 1.82) is 0 Å². The van der Waals surface area contributed by atoms with E-state index in [-0.39, 0.29) is 22.7 Å². The Morgan fingerprint density at radius 2 is 1.80 bits per heavy atom. The Morgan fingerprint density at radius 3 is 2.20 bits per heavy atom. The molecule has 15 heavy (non-hydrogen) atoms. The lowest BCUT2D eigenvalue weighted by atomic mass is 10.0. The number of hydrogen-bond donors (Lipinski definition) is 0. The maximum Gasteiger partial charge on any atom is 0.314 e. The summed E-state index contributed by atoms with van der Waals surface area (Å²) in [5, 5.41) is 0. The predicted molar refractivity (Wildman–Crippen MR) is 61.2 cm³/mol. The zero-order valence-electron chi connectivity index (χ0n) is 10.5. The molecule has 0 aliphatic heterocycles. The van der Waals surface area contributed by atoms with Gasteiger partial charge in [-0.25, -0.2) is 0 Å². The van der Waals surface area contributed by atoms with E-state index in [9.17, 15) is 4.79 Å². The van der Waals surface area contributed by atoms with Crippen LogP contribution in [0.5, 0.6) is 0 Å². The second-order valence-corrected chi connectivity index (χ2v) is 5.47. The molecule has 0 saturated heterocycles. The Hall–Kier alpha value is -0.790. The minimum atomic E-state index is -0.0858. The van der Waals surface area contributed by atoms with E-state index in [1.54, 1.807) is 0 Å². The zero-order valence-corrected chi connectivity index (χ0v) is 10.5. The molecule has 0 heterocycles. The second kappa shape index (κ2) is 3.99. The highest BCUT2D eigenvalue weighted by molar-refractivity contribution is 5.79. The van der Waals surface area contributed by atoms with Crippen molar-refractivity contribution in [3.05, 3.63) is 12.3 Å². The van der Waals surface area contributed by atoms with Gasteiger partial charge in [-0.05, 0) is 23.3 Å². The quantitative estimate of drug-likeness (QED) is 0.524. The normalized spacial score (nSPS) is 23.0. The van der Waals surface area contributed by atoms with E-state index < -0.39 is 0 Å². The summed E-state index contributed by atoms with van der Waals surface area (Å²) in [5.74, 6) is -0.0476. The van der Waals surface area contributed by atoms with Gasteiger partial charge in [0, 0.05) is 0 Å². The molecule has 1 rings (SSSR count). The van der Waals surface area contributed by atoms with Gasteiger partial charge in [0.15, 0.2) is 0 Å². The molecule has 2 heteroatoms. The minimum Gasteiger partial charge on any atom is -0.435 e. The first-order valence-electron chi connectivity index (χ1n) is 5.71. The van der Waals surface area contributed by atoms with Gasteiger partial charge in [0.05, 0.1) is 12.2 Å². The van der Waals surface area contributed by atoms with Crippen molar-refractivity contribution in [2.24, 2.45) is 16.7 Å². The molecule has 0 amide bonds. The maximum atomic E-state index is 11.7. The predicted octanol–water partition coefficient (Wildman–Crippen LogP) is 3.53. The van der Waals surface area contributed by atoms with Crippen LogP contribution in [0.15, 0.2) is 12.3 Å². The van der Waals surface area contributed by atoms with Crippen LogP contribution < -0.4 is 0 Å². The average molecular weight is 210 g/mol. The van der Waals surface area contributed by atoms with Crippen molar-refractivity contribution in [1.82, 2.24) is 0 Å². The first kappa shape index (κ1) is 12.3. The van der Waals surface area contributed by atoms with Crippen molar-refractivity contribution < 1.29 is 9.53 Å². The molecular formula is C13H22O2. The summed E-state index contributed by atoms with van der Waals surface area (Å²) in [4.78, 5) is 11.7. The number of esters is 1. The number of allylic oxidation sites excluding steroid dienone is 1. The lowest BCUT2D eigenvalue weighted by molar-refractivity contribution is -0.140. The lowest BCUT2D eigenvalue weighted by Crippen LogP contribution is -2.07. The fourth-order valence-electron chi connectivity index (χ4n) is 2.20.